The van der Waals surface area contributed by atoms with Crippen molar-refractivity contribution in [3.8, 4) is 0 Å². The molecule has 2 rings (SSSR count). The summed E-state index contributed by atoms with van der Waals surface area (Å²) in [7, 11) is 0. The lowest BCUT2D eigenvalue weighted by Crippen LogP contribution is -2.37. The fraction of sp³-hybridized carbons (Fsp3) is 0.500. The Morgan fingerprint density at radius 1 is 1.62 bits per heavy atom. The second-order valence-electron chi connectivity index (χ2n) is 3.10. The minimum Gasteiger partial charge on any atom is -0.335 e. The molecular formula is C8H10IN3O. The number of carbonyl (C=O) groups is 1. The van der Waals surface area contributed by atoms with Gasteiger partial charge in [0.15, 0.2) is 0 Å². The van der Waals surface area contributed by atoms with Crippen molar-refractivity contribution in [3.63, 3.8) is 0 Å². The number of amides is 1. The Hall–Kier alpha value is -0.590. The number of rotatable bonds is 0. The normalized spacial score (nSPS) is 15.7. The molecule has 1 amide bonds. The number of hydrogen-bond donors (Lipinski definition) is 0. The predicted octanol–water partition coefficient (Wildman–Crippen LogP) is 0.850. The van der Waals surface area contributed by atoms with Crippen LogP contribution in [0.25, 0.3) is 0 Å². The first-order valence-electron chi connectivity index (χ1n) is 4.14. The van der Waals surface area contributed by atoms with Crippen LogP contribution in [0.4, 0.5) is 0 Å². The van der Waals surface area contributed by atoms with E-state index in [4.69, 9.17) is 0 Å². The standard InChI is InChI=1S/C8H10IN3O/c1-6(13)11-2-3-12-8(5-11)7(9)4-10-12/h4H,2-3,5H2,1H3. The zero-order valence-corrected chi connectivity index (χ0v) is 9.48. The minimum atomic E-state index is 0.142. The molecule has 5 heteroatoms. The van der Waals surface area contributed by atoms with E-state index in [0.717, 1.165) is 22.4 Å². The molecule has 4 nitrogen and oxygen atoms in total. The first-order chi connectivity index (χ1) is 6.18. The second-order valence-corrected chi connectivity index (χ2v) is 4.27. The molecule has 0 bridgehead atoms. The van der Waals surface area contributed by atoms with E-state index in [1.807, 2.05) is 15.8 Å². The zero-order valence-electron chi connectivity index (χ0n) is 7.33. The van der Waals surface area contributed by atoms with Crippen molar-refractivity contribution in [2.45, 2.75) is 20.0 Å². The van der Waals surface area contributed by atoms with E-state index < -0.39 is 0 Å². The van der Waals surface area contributed by atoms with E-state index in [1.165, 1.54) is 0 Å². The van der Waals surface area contributed by atoms with E-state index in [0.29, 0.717) is 6.54 Å². The summed E-state index contributed by atoms with van der Waals surface area (Å²) in [6.45, 7) is 3.91. The van der Waals surface area contributed by atoms with Gasteiger partial charge < -0.3 is 4.90 Å². The van der Waals surface area contributed by atoms with Crippen LogP contribution in [-0.4, -0.2) is 27.1 Å². The van der Waals surface area contributed by atoms with E-state index in [-0.39, 0.29) is 5.91 Å². The van der Waals surface area contributed by atoms with Crippen molar-refractivity contribution in [3.05, 3.63) is 15.5 Å². The van der Waals surface area contributed by atoms with E-state index >= 15 is 0 Å². The number of hydrogen-bond acceptors (Lipinski definition) is 2. The van der Waals surface area contributed by atoms with Crippen LogP contribution in [0.2, 0.25) is 0 Å². The maximum Gasteiger partial charge on any atom is 0.219 e. The minimum absolute atomic E-state index is 0.142. The number of aromatic nitrogens is 2. The molecule has 1 aliphatic rings. The summed E-state index contributed by atoms with van der Waals surface area (Å²) in [5.41, 5.74) is 1.15. The van der Waals surface area contributed by atoms with Gasteiger partial charge in [0.05, 0.1) is 28.6 Å². The van der Waals surface area contributed by atoms with Crippen LogP contribution in [0.15, 0.2) is 6.20 Å². The lowest BCUT2D eigenvalue weighted by molar-refractivity contribution is -0.130. The molecule has 0 atom stereocenters. The smallest absolute Gasteiger partial charge is 0.219 e. The molecular weight excluding hydrogens is 281 g/mol. The molecule has 0 unspecified atom stereocenters. The van der Waals surface area contributed by atoms with Crippen molar-refractivity contribution >= 4 is 28.5 Å². The summed E-state index contributed by atoms with van der Waals surface area (Å²) in [5.74, 6) is 0.142. The van der Waals surface area contributed by atoms with Crippen LogP contribution in [0, 0.1) is 3.57 Å². The van der Waals surface area contributed by atoms with Crippen LogP contribution in [-0.2, 0) is 17.9 Å². The largest absolute Gasteiger partial charge is 0.335 e. The summed E-state index contributed by atoms with van der Waals surface area (Å²) in [6, 6.07) is 0. The van der Waals surface area contributed by atoms with E-state index in [1.54, 1.807) is 6.92 Å². The Bertz CT molecular complexity index is 347. The van der Waals surface area contributed by atoms with Gasteiger partial charge in [0.25, 0.3) is 0 Å². The molecule has 0 saturated heterocycles. The van der Waals surface area contributed by atoms with Gasteiger partial charge in [0, 0.05) is 13.5 Å². The van der Waals surface area contributed by atoms with Gasteiger partial charge in [-0.05, 0) is 22.6 Å². The average molecular weight is 291 g/mol. The molecule has 13 heavy (non-hydrogen) atoms. The Balaban J connectivity index is 2.27. The maximum absolute atomic E-state index is 11.1. The molecule has 0 aliphatic carbocycles. The van der Waals surface area contributed by atoms with Crippen molar-refractivity contribution in [1.29, 1.82) is 0 Å². The fourth-order valence-electron chi connectivity index (χ4n) is 1.48. The van der Waals surface area contributed by atoms with Gasteiger partial charge >= 0.3 is 0 Å². The van der Waals surface area contributed by atoms with Crippen LogP contribution in [0.3, 0.4) is 0 Å². The van der Waals surface area contributed by atoms with Gasteiger partial charge in [-0.15, -0.1) is 0 Å². The topological polar surface area (TPSA) is 38.1 Å². The van der Waals surface area contributed by atoms with Crippen LogP contribution < -0.4 is 0 Å². The van der Waals surface area contributed by atoms with Gasteiger partial charge in [-0.3, -0.25) is 9.48 Å². The van der Waals surface area contributed by atoms with Gasteiger partial charge in [0.2, 0.25) is 5.91 Å². The maximum atomic E-state index is 11.1. The first-order valence-corrected chi connectivity index (χ1v) is 5.22. The third-order valence-corrected chi connectivity index (χ3v) is 3.17. The number of halogens is 1. The third-order valence-electron chi connectivity index (χ3n) is 2.27. The fourth-order valence-corrected chi connectivity index (χ4v) is 2.06. The third kappa shape index (κ3) is 1.56. The lowest BCUT2D eigenvalue weighted by Gasteiger charge is -2.26. The SMILES string of the molecule is CC(=O)N1CCn2ncc(I)c2C1. The van der Waals surface area contributed by atoms with Crippen molar-refractivity contribution < 1.29 is 4.79 Å². The van der Waals surface area contributed by atoms with Gasteiger partial charge in [-0.25, -0.2) is 0 Å². The highest BCUT2D eigenvalue weighted by atomic mass is 127. The average Bonchev–Trinajstić information content (AvgIpc) is 2.47. The second kappa shape index (κ2) is 3.28. The highest BCUT2D eigenvalue weighted by molar-refractivity contribution is 14.1. The molecule has 0 saturated carbocycles. The number of nitrogens with zero attached hydrogens (tertiary/aromatic N) is 3. The quantitative estimate of drug-likeness (QED) is 0.665. The molecule has 70 valence electrons. The Morgan fingerprint density at radius 2 is 2.38 bits per heavy atom. The summed E-state index contributed by atoms with van der Waals surface area (Å²) >= 11 is 2.25. The summed E-state index contributed by atoms with van der Waals surface area (Å²) in [5, 5.41) is 4.22. The Morgan fingerprint density at radius 3 is 3.08 bits per heavy atom. The van der Waals surface area contributed by atoms with Gasteiger partial charge in [0.1, 0.15) is 0 Å². The molecule has 0 fully saturated rings. The van der Waals surface area contributed by atoms with Crippen molar-refractivity contribution in [1.82, 2.24) is 14.7 Å². The van der Waals surface area contributed by atoms with E-state index in [9.17, 15) is 4.79 Å². The first kappa shape index (κ1) is 8.98. The van der Waals surface area contributed by atoms with Crippen molar-refractivity contribution in [2.75, 3.05) is 6.54 Å². The summed E-state index contributed by atoms with van der Waals surface area (Å²) in [6.07, 6.45) is 1.85. The number of carbonyl (C=O) groups excluding carboxylic acids is 1. The van der Waals surface area contributed by atoms with Crippen molar-refractivity contribution in [2.24, 2.45) is 0 Å². The summed E-state index contributed by atoms with van der Waals surface area (Å²) in [4.78, 5) is 13.0. The monoisotopic (exact) mass is 291 g/mol. The molecule has 0 spiro atoms. The lowest BCUT2D eigenvalue weighted by atomic mass is 10.3. The van der Waals surface area contributed by atoms with Crippen LogP contribution >= 0.6 is 22.6 Å². The zero-order chi connectivity index (χ0) is 9.42. The molecule has 0 N–H and O–H groups in total. The highest BCUT2D eigenvalue weighted by Gasteiger charge is 2.20. The molecule has 0 radical (unpaired) electrons. The van der Waals surface area contributed by atoms with E-state index in [2.05, 4.69) is 27.7 Å². The Kier molecular flexibility index (Phi) is 2.27. The molecule has 0 aromatic carbocycles. The highest BCUT2D eigenvalue weighted by Crippen LogP contribution is 2.17. The molecule has 1 aromatic heterocycles. The predicted molar refractivity (Wildman–Crippen MR) is 56.0 cm³/mol. The molecule has 1 aromatic rings. The molecule has 2 heterocycles. The number of fused-ring (bicyclic) bond motifs is 1. The van der Waals surface area contributed by atoms with Crippen LogP contribution in [0.1, 0.15) is 12.6 Å². The summed E-state index contributed by atoms with van der Waals surface area (Å²) < 4.78 is 3.12. The van der Waals surface area contributed by atoms with Gasteiger partial charge in [-0.1, -0.05) is 0 Å². The van der Waals surface area contributed by atoms with Crippen LogP contribution in [0.5, 0.6) is 0 Å². The molecule has 1 aliphatic heterocycles. The Labute approximate surface area is 90.0 Å². The van der Waals surface area contributed by atoms with Gasteiger partial charge in [-0.2, -0.15) is 5.10 Å².